The van der Waals surface area contributed by atoms with Crippen molar-refractivity contribution >= 4 is 0 Å². The molecule has 0 saturated carbocycles. The summed E-state index contributed by atoms with van der Waals surface area (Å²) in [5.41, 5.74) is 13.4. The molecule has 1 aromatic carbocycles. The van der Waals surface area contributed by atoms with Gasteiger partial charge in [-0.25, -0.2) is 4.98 Å². The second-order valence-electron chi connectivity index (χ2n) is 4.19. The molecular formula is C14H17N3O. The van der Waals surface area contributed by atoms with Gasteiger partial charge in [-0.15, -0.1) is 0 Å². The Morgan fingerprint density at radius 3 is 2.44 bits per heavy atom. The van der Waals surface area contributed by atoms with Gasteiger partial charge in [0.2, 0.25) is 5.88 Å². The Hall–Kier alpha value is -1.91. The fraction of sp³-hybridized carbons (Fsp3) is 0.214. The molecule has 1 heterocycles. The molecule has 4 nitrogen and oxygen atoms in total. The Labute approximate surface area is 107 Å². The van der Waals surface area contributed by atoms with Crippen molar-refractivity contribution in [3.63, 3.8) is 0 Å². The van der Waals surface area contributed by atoms with Crippen LogP contribution in [0.5, 0.6) is 11.6 Å². The molecule has 0 saturated heterocycles. The van der Waals surface area contributed by atoms with Crippen LogP contribution in [0.3, 0.4) is 0 Å². The summed E-state index contributed by atoms with van der Waals surface area (Å²) in [6, 6.07) is 11.3. The highest BCUT2D eigenvalue weighted by molar-refractivity contribution is 5.30. The highest BCUT2D eigenvalue weighted by Crippen LogP contribution is 2.20. The molecule has 2 rings (SSSR count). The predicted octanol–water partition coefficient (Wildman–Crippen LogP) is 2.14. The van der Waals surface area contributed by atoms with Crippen LogP contribution in [0.2, 0.25) is 0 Å². The van der Waals surface area contributed by atoms with Crippen LogP contribution in [0.25, 0.3) is 0 Å². The Bertz CT molecular complexity index is 493. The molecule has 1 unspecified atom stereocenters. The summed E-state index contributed by atoms with van der Waals surface area (Å²) in [5.74, 6) is 1.32. The van der Waals surface area contributed by atoms with Gasteiger partial charge in [-0.3, -0.25) is 0 Å². The van der Waals surface area contributed by atoms with E-state index in [1.807, 2.05) is 37.3 Å². The normalized spacial score (nSPS) is 12.2. The third-order valence-electron chi connectivity index (χ3n) is 2.68. The number of nitrogens with zero attached hydrogens (tertiary/aromatic N) is 1. The van der Waals surface area contributed by atoms with Crippen LogP contribution in [-0.2, 0) is 0 Å². The topological polar surface area (TPSA) is 74.2 Å². The number of hydrogen-bond donors (Lipinski definition) is 2. The number of ether oxygens (including phenoxy) is 1. The van der Waals surface area contributed by atoms with E-state index in [2.05, 4.69) is 4.98 Å². The predicted molar refractivity (Wildman–Crippen MR) is 71.5 cm³/mol. The molecule has 0 amide bonds. The molecule has 0 fully saturated rings. The van der Waals surface area contributed by atoms with E-state index in [4.69, 9.17) is 16.2 Å². The van der Waals surface area contributed by atoms with Crippen molar-refractivity contribution in [1.82, 2.24) is 4.98 Å². The Morgan fingerprint density at radius 2 is 1.89 bits per heavy atom. The van der Waals surface area contributed by atoms with Gasteiger partial charge in [0.1, 0.15) is 5.75 Å². The first-order chi connectivity index (χ1) is 8.69. The quantitative estimate of drug-likeness (QED) is 0.862. The van der Waals surface area contributed by atoms with Crippen LogP contribution in [0.1, 0.15) is 17.2 Å². The van der Waals surface area contributed by atoms with Crippen molar-refractivity contribution in [1.29, 1.82) is 0 Å². The van der Waals surface area contributed by atoms with Gasteiger partial charge in [0.05, 0.1) is 0 Å². The van der Waals surface area contributed by atoms with E-state index in [-0.39, 0.29) is 6.04 Å². The summed E-state index contributed by atoms with van der Waals surface area (Å²) in [6.07, 6.45) is 1.70. The van der Waals surface area contributed by atoms with Crippen LogP contribution in [0, 0.1) is 6.92 Å². The van der Waals surface area contributed by atoms with Crippen LogP contribution in [0.15, 0.2) is 42.6 Å². The molecule has 18 heavy (non-hydrogen) atoms. The van der Waals surface area contributed by atoms with Crippen molar-refractivity contribution in [2.24, 2.45) is 11.5 Å². The van der Waals surface area contributed by atoms with E-state index in [0.717, 1.165) is 11.3 Å². The second kappa shape index (κ2) is 5.62. The number of nitrogens with two attached hydrogens (primary N) is 2. The lowest BCUT2D eigenvalue weighted by Gasteiger charge is -2.09. The maximum atomic E-state index is 5.81. The molecule has 0 bridgehead atoms. The smallest absolute Gasteiger partial charge is 0.219 e. The van der Waals surface area contributed by atoms with E-state index < -0.39 is 0 Å². The molecule has 1 atom stereocenters. The molecule has 1 aromatic heterocycles. The summed E-state index contributed by atoms with van der Waals surface area (Å²) in [6.45, 7) is 2.44. The van der Waals surface area contributed by atoms with E-state index in [0.29, 0.717) is 12.4 Å². The minimum Gasteiger partial charge on any atom is -0.439 e. The van der Waals surface area contributed by atoms with E-state index >= 15 is 0 Å². The molecule has 0 spiro atoms. The highest BCUT2D eigenvalue weighted by atomic mass is 16.5. The van der Waals surface area contributed by atoms with Crippen molar-refractivity contribution in [2.45, 2.75) is 13.0 Å². The molecule has 0 radical (unpaired) electrons. The Morgan fingerprint density at radius 1 is 1.17 bits per heavy atom. The number of aromatic nitrogens is 1. The first-order valence-electron chi connectivity index (χ1n) is 5.85. The average Bonchev–Trinajstić information content (AvgIpc) is 2.41. The van der Waals surface area contributed by atoms with Crippen molar-refractivity contribution in [3.05, 3.63) is 53.7 Å². The zero-order chi connectivity index (χ0) is 13.0. The first kappa shape index (κ1) is 12.5. The van der Waals surface area contributed by atoms with Gasteiger partial charge < -0.3 is 16.2 Å². The summed E-state index contributed by atoms with van der Waals surface area (Å²) in [5, 5.41) is 0. The van der Waals surface area contributed by atoms with Gasteiger partial charge in [-0.05, 0) is 24.6 Å². The van der Waals surface area contributed by atoms with Gasteiger partial charge >= 0.3 is 0 Å². The number of rotatable bonds is 4. The van der Waals surface area contributed by atoms with Crippen LogP contribution < -0.4 is 16.2 Å². The number of hydrogen-bond acceptors (Lipinski definition) is 4. The highest BCUT2D eigenvalue weighted by Gasteiger charge is 2.04. The van der Waals surface area contributed by atoms with Crippen molar-refractivity contribution < 1.29 is 4.74 Å². The van der Waals surface area contributed by atoms with Gasteiger partial charge in [-0.1, -0.05) is 23.8 Å². The Kier molecular flexibility index (Phi) is 3.92. The molecule has 94 valence electrons. The summed E-state index contributed by atoms with van der Waals surface area (Å²) < 4.78 is 5.62. The monoisotopic (exact) mass is 243 g/mol. The summed E-state index contributed by atoms with van der Waals surface area (Å²) >= 11 is 0. The third-order valence-corrected chi connectivity index (χ3v) is 2.68. The third kappa shape index (κ3) is 3.06. The van der Waals surface area contributed by atoms with Crippen LogP contribution >= 0.6 is 0 Å². The maximum Gasteiger partial charge on any atom is 0.219 e. The second-order valence-corrected chi connectivity index (χ2v) is 4.19. The maximum absolute atomic E-state index is 5.81. The summed E-state index contributed by atoms with van der Waals surface area (Å²) in [4.78, 5) is 4.21. The standard InChI is InChI=1S/C14H17N3O/c1-10-2-5-12(6-3-10)18-14-7-4-11(9-17-14)13(16)8-15/h2-7,9,13H,8,15-16H2,1H3. The summed E-state index contributed by atoms with van der Waals surface area (Å²) in [7, 11) is 0. The molecule has 4 heteroatoms. The number of aryl methyl sites for hydroxylation is 1. The molecule has 4 N–H and O–H groups in total. The van der Waals surface area contributed by atoms with Crippen molar-refractivity contribution in [2.75, 3.05) is 6.54 Å². The number of pyridine rings is 1. The average molecular weight is 243 g/mol. The van der Waals surface area contributed by atoms with Crippen LogP contribution in [-0.4, -0.2) is 11.5 Å². The first-order valence-corrected chi connectivity index (χ1v) is 5.85. The van der Waals surface area contributed by atoms with E-state index in [9.17, 15) is 0 Å². The van der Waals surface area contributed by atoms with Crippen molar-refractivity contribution in [3.8, 4) is 11.6 Å². The van der Waals surface area contributed by atoms with Crippen LogP contribution in [0.4, 0.5) is 0 Å². The fourth-order valence-electron chi connectivity index (χ4n) is 1.53. The molecule has 0 aliphatic carbocycles. The lowest BCUT2D eigenvalue weighted by molar-refractivity contribution is 0.462. The lowest BCUT2D eigenvalue weighted by atomic mass is 10.1. The molecule has 0 aliphatic rings. The van der Waals surface area contributed by atoms with E-state index in [1.165, 1.54) is 5.56 Å². The minimum absolute atomic E-state index is 0.175. The SMILES string of the molecule is Cc1ccc(Oc2ccc(C(N)CN)cn2)cc1. The lowest BCUT2D eigenvalue weighted by Crippen LogP contribution is -2.20. The fourth-order valence-corrected chi connectivity index (χ4v) is 1.53. The van der Waals surface area contributed by atoms with E-state index in [1.54, 1.807) is 12.3 Å². The van der Waals surface area contributed by atoms with Gasteiger partial charge in [0.15, 0.2) is 0 Å². The Balaban J connectivity index is 2.08. The van der Waals surface area contributed by atoms with Gasteiger partial charge in [-0.2, -0.15) is 0 Å². The minimum atomic E-state index is -0.175. The molecule has 0 aliphatic heterocycles. The zero-order valence-corrected chi connectivity index (χ0v) is 10.3. The van der Waals surface area contributed by atoms with Gasteiger partial charge in [0.25, 0.3) is 0 Å². The largest absolute Gasteiger partial charge is 0.439 e. The number of benzene rings is 1. The molecule has 2 aromatic rings. The zero-order valence-electron chi connectivity index (χ0n) is 10.3. The molecular weight excluding hydrogens is 226 g/mol. The van der Waals surface area contributed by atoms with Gasteiger partial charge in [0, 0.05) is 24.8 Å².